The van der Waals surface area contributed by atoms with Gasteiger partial charge in [-0.1, -0.05) is 54.6 Å². The second-order valence-electron chi connectivity index (χ2n) is 6.16. The van der Waals surface area contributed by atoms with Gasteiger partial charge in [0.15, 0.2) is 6.61 Å². The molecule has 0 saturated carbocycles. The van der Waals surface area contributed by atoms with Crippen molar-refractivity contribution in [2.24, 2.45) is 0 Å². The van der Waals surface area contributed by atoms with Gasteiger partial charge in [-0.15, -0.1) is 11.3 Å². The Balaban J connectivity index is 1.64. The van der Waals surface area contributed by atoms with Crippen molar-refractivity contribution in [3.8, 4) is 0 Å². The van der Waals surface area contributed by atoms with Gasteiger partial charge in [-0.05, 0) is 23.1 Å². The molecule has 142 valence electrons. The Morgan fingerprint density at radius 3 is 2.25 bits per heavy atom. The van der Waals surface area contributed by atoms with E-state index in [1.807, 2.05) is 30.3 Å². The standard InChI is InChI=1S/C22H19NO4S/c1-23(14-16-8-3-2-4-9-16)20(24)15-27-22(26)18-11-6-5-10-17(18)21(25)19-12-7-13-28-19/h2-13H,14-15H2,1H3. The second kappa shape index (κ2) is 9.10. The molecule has 0 spiro atoms. The van der Waals surface area contributed by atoms with Crippen molar-refractivity contribution in [3.63, 3.8) is 0 Å². The molecule has 1 heterocycles. The summed E-state index contributed by atoms with van der Waals surface area (Å²) in [6, 6.07) is 19.5. The van der Waals surface area contributed by atoms with Gasteiger partial charge in [0.05, 0.1) is 10.4 Å². The molecular weight excluding hydrogens is 374 g/mol. The van der Waals surface area contributed by atoms with Crippen LogP contribution in [0, 0.1) is 0 Å². The molecule has 1 aromatic heterocycles. The van der Waals surface area contributed by atoms with E-state index in [0.29, 0.717) is 11.4 Å². The molecule has 6 heteroatoms. The van der Waals surface area contributed by atoms with Gasteiger partial charge in [-0.2, -0.15) is 0 Å². The topological polar surface area (TPSA) is 63.7 Å². The Morgan fingerprint density at radius 1 is 0.893 bits per heavy atom. The summed E-state index contributed by atoms with van der Waals surface area (Å²) in [5.74, 6) is -1.25. The Labute approximate surface area is 167 Å². The lowest BCUT2D eigenvalue weighted by molar-refractivity contribution is -0.133. The molecule has 3 rings (SSSR count). The first kappa shape index (κ1) is 19.5. The maximum Gasteiger partial charge on any atom is 0.339 e. The predicted molar refractivity (Wildman–Crippen MR) is 107 cm³/mol. The van der Waals surface area contributed by atoms with Gasteiger partial charge in [-0.25, -0.2) is 4.79 Å². The highest BCUT2D eigenvalue weighted by atomic mass is 32.1. The quantitative estimate of drug-likeness (QED) is 0.452. The molecular formula is C22H19NO4S. The molecule has 1 amide bonds. The average Bonchev–Trinajstić information content (AvgIpc) is 3.26. The lowest BCUT2D eigenvalue weighted by Crippen LogP contribution is -2.31. The van der Waals surface area contributed by atoms with Crippen LogP contribution in [0.15, 0.2) is 72.1 Å². The SMILES string of the molecule is CN(Cc1ccccc1)C(=O)COC(=O)c1ccccc1C(=O)c1cccs1. The van der Waals surface area contributed by atoms with E-state index in [0.717, 1.165) is 5.56 Å². The van der Waals surface area contributed by atoms with Gasteiger partial charge in [0.2, 0.25) is 5.78 Å². The zero-order valence-electron chi connectivity index (χ0n) is 15.3. The van der Waals surface area contributed by atoms with Crippen LogP contribution in [0.25, 0.3) is 0 Å². The fraction of sp³-hybridized carbons (Fsp3) is 0.136. The first-order chi connectivity index (χ1) is 13.6. The smallest absolute Gasteiger partial charge is 0.339 e. The first-order valence-corrected chi connectivity index (χ1v) is 9.56. The monoisotopic (exact) mass is 393 g/mol. The first-order valence-electron chi connectivity index (χ1n) is 8.68. The summed E-state index contributed by atoms with van der Waals surface area (Å²) in [5, 5.41) is 1.80. The van der Waals surface area contributed by atoms with Crippen LogP contribution in [0.1, 0.15) is 31.2 Å². The zero-order chi connectivity index (χ0) is 19.9. The summed E-state index contributed by atoms with van der Waals surface area (Å²) in [6.45, 7) is 0.0361. The Hall–Kier alpha value is -3.25. The van der Waals surface area contributed by atoms with Crippen molar-refractivity contribution in [1.82, 2.24) is 4.90 Å². The second-order valence-corrected chi connectivity index (χ2v) is 7.11. The van der Waals surface area contributed by atoms with E-state index in [1.165, 1.54) is 22.3 Å². The number of likely N-dealkylation sites (N-methyl/N-ethyl adjacent to an activating group) is 1. The van der Waals surface area contributed by atoms with Crippen LogP contribution >= 0.6 is 11.3 Å². The molecule has 0 aliphatic heterocycles. The predicted octanol–water partition coefficient (Wildman–Crippen LogP) is 3.79. The van der Waals surface area contributed by atoms with Crippen LogP contribution in [0.3, 0.4) is 0 Å². The summed E-state index contributed by atoms with van der Waals surface area (Å²) >= 11 is 1.31. The minimum Gasteiger partial charge on any atom is -0.452 e. The van der Waals surface area contributed by atoms with E-state index in [1.54, 1.807) is 42.8 Å². The van der Waals surface area contributed by atoms with Crippen LogP contribution in [0.4, 0.5) is 0 Å². The Kier molecular flexibility index (Phi) is 6.34. The van der Waals surface area contributed by atoms with E-state index in [4.69, 9.17) is 4.74 Å². The molecule has 3 aromatic rings. The molecule has 0 aliphatic rings. The van der Waals surface area contributed by atoms with Crippen LogP contribution in [0.2, 0.25) is 0 Å². The molecule has 0 bridgehead atoms. The van der Waals surface area contributed by atoms with Crippen LogP contribution in [-0.2, 0) is 16.1 Å². The molecule has 2 aromatic carbocycles. The third-order valence-electron chi connectivity index (χ3n) is 4.15. The molecule has 0 N–H and O–H groups in total. The van der Waals surface area contributed by atoms with Crippen molar-refractivity contribution >= 4 is 29.0 Å². The Bertz CT molecular complexity index is 967. The molecule has 0 aliphatic carbocycles. The third kappa shape index (κ3) is 4.72. The van der Waals surface area contributed by atoms with Crippen LogP contribution in [0.5, 0.6) is 0 Å². The number of hydrogen-bond acceptors (Lipinski definition) is 5. The van der Waals surface area contributed by atoms with Crippen LogP contribution < -0.4 is 0 Å². The highest BCUT2D eigenvalue weighted by molar-refractivity contribution is 7.12. The molecule has 0 atom stereocenters. The number of rotatable bonds is 7. The number of amides is 1. The van der Waals surface area contributed by atoms with Crippen molar-refractivity contribution in [2.75, 3.05) is 13.7 Å². The number of carbonyl (C=O) groups is 3. The molecule has 0 unspecified atom stereocenters. The number of esters is 1. The third-order valence-corrected chi connectivity index (χ3v) is 5.02. The lowest BCUT2D eigenvalue weighted by atomic mass is 10.0. The number of nitrogens with zero attached hydrogens (tertiary/aromatic N) is 1. The van der Waals surface area contributed by atoms with Gasteiger partial charge in [-0.3, -0.25) is 9.59 Å². The number of carbonyl (C=O) groups excluding carboxylic acids is 3. The fourth-order valence-corrected chi connectivity index (χ4v) is 3.34. The summed E-state index contributed by atoms with van der Waals surface area (Å²) in [7, 11) is 1.65. The van der Waals surface area contributed by atoms with Crippen molar-refractivity contribution in [2.45, 2.75) is 6.54 Å². The maximum absolute atomic E-state index is 12.6. The minimum absolute atomic E-state index is 0.152. The molecule has 28 heavy (non-hydrogen) atoms. The maximum atomic E-state index is 12.6. The van der Waals surface area contributed by atoms with Gasteiger partial charge in [0, 0.05) is 19.2 Å². The van der Waals surface area contributed by atoms with E-state index in [-0.39, 0.29) is 29.4 Å². The molecule has 5 nitrogen and oxygen atoms in total. The number of ketones is 1. The van der Waals surface area contributed by atoms with Gasteiger partial charge >= 0.3 is 5.97 Å². The molecule has 0 saturated heterocycles. The van der Waals surface area contributed by atoms with Crippen molar-refractivity contribution in [1.29, 1.82) is 0 Å². The van der Waals surface area contributed by atoms with Gasteiger partial charge < -0.3 is 9.64 Å². The number of hydrogen-bond donors (Lipinski definition) is 0. The Morgan fingerprint density at radius 2 is 1.57 bits per heavy atom. The summed E-state index contributed by atoms with van der Waals surface area (Å²) in [6.07, 6.45) is 0. The fourth-order valence-electron chi connectivity index (χ4n) is 2.66. The summed E-state index contributed by atoms with van der Waals surface area (Å²) in [4.78, 5) is 39.4. The van der Waals surface area contributed by atoms with Gasteiger partial charge in [0.1, 0.15) is 0 Å². The largest absolute Gasteiger partial charge is 0.452 e. The van der Waals surface area contributed by atoms with Gasteiger partial charge in [0.25, 0.3) is 5.91 Å². The highest BCUT2D eigenvalue weighted by Gasteiger charge is 2.21. The van der Waals surface area contributed by atoms with E-state index in [9.17, 15) is 14.4 Å². The number of ether oxygens (including phenoxy) is 1. The number of benzene rings is 2. The van der Waals surface area contributed by atoms with Crippen LogP contribution in [-0.4, -0.2) is 36.2 Å². The molecule has 0 radical (unpaired) electrons. The zero-order valence-corrected chi connectivity index (χ0v) is 16.1. The normalized spacial score (nSPS) is 10.3. The highest BCUT2D eigenvalue weighted by Crippen LogP contribution is 2.19. The van der Waals surface area contributed by atoms with E-state index < -0.39 is 5.97 Å². The van der Waals surface area contributed by atoms with E-state index in [2.05, 4.69) is 0 Å². The summed E-state index contributed by atoms with van der Waals surface area (Å²) < 4.78 is 5.18. The van der Waals surface area contributed by atoms with Crippen molar-refractivity contribution < 1.29 is 19.1 Å². The van der Waals surface area contributed by atoms with E-state index >= 15 is 0 Å². The van der Waals surface area contributed by atoms with Crippen molar-refractivity contribution in [3.05, 3.63) is 93.7 Å². The average molecular weight is 393 g/mol. The summed E-state index contributed by atoms with van der Waals surface area (Å²) in [5.41, 5.74) is 1.40. The lowest BCUT2D eigenvalue weighted by Gasteiger charge is -2.17. The number of thiophene rings is 1. The minimum atomic E-state index is -0.693. The molecule has 0 fully saturated rings.